The Bertz CT molecular complexity index is 753. The van der Waals surface area contributed by atoms with Crippen LogP contribution in [0.5, 0.6) is 0 Å². The molecule has 0 radical (unpaired) electrons. The number of carbonyl (C=O) groups excluding carboxylic acids is 2. The third-order valence-electron chi connectivity index (χ3n) is 2.58. The first kappa shape index (κ1) is 14.4. The quantitative estimate of drug-likeness (QED) is 0.758. The molecule has 0 unspecified atom stereocenters. The lowest BCUT2D eigenvalue weighted by atomic mass is 10.2. The molecule has 0 saturated heterocycles. The summed E-state index contributed by atoms with van der Waals surface area (Å²) in [5.74, 6) is -0.664. The number of rotatable bonds is 4. The summed E-state index contributed by atoms with van der Waals surface area (Å²) in [6.45, 7) is 3.27. The molecule has 21 heavy (non-hydrogen) atoms. The highest BCUT2D eigenvalue weighted by Crippen LogP contribution is 2.02. The van der Waals surface area contributed by atoms with Gasteiger partial charge in [0.2, 0.25) is 5.91 Å². The zero-order valence-corrected chi connectivity index (χ0v) is 11.1. The summed E-state index contributed by atoms with van der Waals surface area (Å²) in [6.07, 6.45) is 1.48. The maximum Gasteiger partial charge on any atom is 0.321 e. The van der Waals surface area contributed by atoms with Crippen molar-refractivity contribution in [3.05, 3.63) is 47.3 Å². The van der Waals surface area contributed by atoms with E-state index in [1.807, 2.05) is 0 Å². The van der Waals surface area contributed by atoms with Crippen LogP contribution in [0.1, 0.15) is 0 Å². The summed E-state index contributed by atoms with van der Waals surface area (Å²) in [4.78, 5) is 35.0. The second-order valence-corrected chi connectivity index (χ2v) is 4.12. The Morgan fingerprint density at radius 3 is 2.86 bits per heavy atom. The van der Waals surface area contributed by atoms with Crippen LogP contribution in [0, 0.1) is 0 Å². The fourth-order valence-corrected chi connectivity index (χ4v) is 1.64. The molecule has 2 N–H and O–H groups in total. The Balaban J connectivity index is 2.11. The summed E-state index contributed by atoms with van der Waals surface area (Å²) < 4.78 is 0.901. The second kappa shape index (κ2) is 6.42. The molecule has 1 aromatic heterocycles. The van der Waals surface area contributed by atoms with Crippen molar-refractivity contribution in [3.63, 3.8) is 0 Å². The number of benzene rings is 1. The van der Waals surface area contributed by atoms with Gasteiger partial charge in [-0.1, -0.05) is 23.4 Å². The van der Waals surface area contributed by atoms with Crippen molar-refractivity contribution in [1.29, 1.82) is 0 Å². The molecule has 8 heteroatoms. The molecule has 2 aromatic rings. The molecule has 1 aromatic carbocycles. The van der Waals surface area contributed by atoms with Gasteiger partial charge in [-0.05, 0) is 12.1 Å². The lowest BCUT2D eigenvalue weighted by molar-refractivity contribution is -0.120. The SMILES string of the molecule is C=CCNC(=O)NC(=O)Cn1nnc2ccccc2c1=O. The first-order valence-corrected chi connectivity index (χ1v) is 6.13. The topological polar surface area (TPSA) is 106 Å². The normalized spacial score (nSPS) is 10.1. The Hall–Kier alpha value is -3.03. The Kier molecular flexibility index (Phi) is 4.39. The number of imide groups is 1. The van der Waals surface area contributed by atoms with Crippen molar-refractivity contribution in [3.8, 4) is 0 Å². The van der Waals surface area contributed by atoms with Crippen LogP contribution in [0.25, 0.3) is 10.9 Å². The number of carbonyl (C=O) groups is 2. The lowest BCUT2D eigenvalue weighted by Gasteiger charge is -2.06. The van der Waals surface area contributed by atoms with Crippen LogP contribution in [0.2, 0.25) is 0 Å². The van der Waals surface area contributed by atoms with Crippen LogP contribution >= 0.6 is 0 Å². The molecule has 0 fully saturated rings. The van der Waals surface area contributed by atoms with E-state index in [0.717, 1.165) is 4.68 Å². The number of nitrogens with one attached hydrogen (secondary N) is 2. The van der Waals surface area contributed by atoms with Crippen molar-refractivity contribution < 1.29 is 9.59 Å². The average Bonchev–Trinajstić information content (AvgIpc) is 2.48. The van der Waals surface area contributed by atoms with E-state index in [1.54, 1.807) is 24.3 Å². The first-order valence-electron chi connectivity index (χ1n) is 6.13. The number of hydrogen-bond acceptors (Lipinski definition) is 5. The zero-order valence-electron chi connectivity index (χ0n) is 11.1. The minimum absolute atomic E-state index is 0.231. The minimum atomic E-state index is -0.665. The van der Waals surface area contributed by atoms with Gasteiger partial charge in [0.15, 0.2) is 0 Å². The number of aromatic nitrogens is 3. The van der Waals surface area contributed by atoms with E-state index in [0.29, 0.717) is 10.9 Å². The van der Waals surface area contributed by atoms with Gasteiger partial charge in [-0.2, -0.15) is 0 Å². The van der Waals surface area contributed by atoms with Gasteiger partial charge in [-0.15, -0.1) is 11.7 Å². The highest BCUT2D eigenvalue weighted by Gasteiger charge is 2.11. The van der Waals surface area contributed by atoms with Crippen LogP contribution in [0.4, 0.5) is 4.79 Å². The molecule has 108 valence electrons. The van der Waals surface area contributed by atoms with E-state index in [-0.39, 0.29) is 6.54 Å². The fraction of sp³-hybridized carbons (Fsp3) is 0.154. The van der Waals surface area contributed by atoms with Gasteiger partial charge in [0, 0.05) is 6.54 Å². The zero-order chi connectivity index (χ0) is 15.2. The molecular weight excluding hydrogens is 274 g/mol. The van der Waals surface area contributed by atoms with Crippen molar-refractivity contribution >= 4 is 22.8 Å². The van der Waals surface area contributed by atoms with Crippen molar-refractivity contribution in [2.45, 2.75) is 6.54 Å². The predicted octanol–water partition coefficient (Wildman–Crippen LogP) is -0.197. The van der Waals surface area contributed by atoms with Crippen LogP contribution in [-0.4, -0.2) is 33.5 Å². The van der Waals surface area contributed by atoms with Crippen LogP contribution in [0.15, 0.2) is 41.7 Å². The summed E-state index contributed by atoms with van der Waals surface area (Å²) >= 11 is 0. The molecule has 1 heterocycles. The maximum absolute atomic E-state index is 12.1. The molecule has 8 nitrogen and oxygen atoms in total. The fourth-order valence-electron chi connectivity index (χ4n) is 1.64. The van der Waals surface area contributed by atoms with E-state index in [4.69, 9.17) is 0 Å². The van der Waals surface area contributed by atoms with Gasteiger partial charge in [-0.3, -0.25) is 14.9 Å². The molecule has 3 amide bonds. The van der Waals surface area contributed by atoms with Crippen LogP contribution in [0.3, 0.4) is 0 Å². The molecule has 2 rings (SSSR count). The van der Waals surface area contributed by atoms with Gasteiger partial charge in [-0.25, -0.2) is 9.48 Å². The van der Waals surface area contributed by atoms with Gasteiger partial charge in [0.25, 0.3) is 5.56 Å². The van der Waals surface area contributed by atoms with Crippen molar-refractivity contribution in [2.75, 3.05) is 6.54 Å². The minimum Gasteiger partial charge on any atom is -0.334 e. The van der Waals surface area contributed by atoms with E-state index < -0.39 is 24.0 Å². The van der Waals surface area contributed by atoms with Gasteiger partial charge in [0.05, 0.1) is 5.39 Å². The molecule has 0 aliphatic carbocycles. The molecule has 0 aliphatic rings. The van der Waals surface area contributed by atoms with Gasteiger partial charge in [0.1, 0.15) is 12.1 Å². The molecule has 0 bridgehead atoms. The molecule has 0 spiro atoms. The number of amides is 3. The van der Waals surface area contributed by atoms with E-state index in [9.17, 15) is 14.4 Å². The molecule has 0 saturated carbocycles. The highest BCUT2D eigenvalue weighted by molar-refractivity contribution is 5.94. The van der Waals surface area contributed by atoms with E-state index >= 15 is 0 Å². The number of nitrogens with zero attached hydrogens (tertiary/aromatic N) is 3. The Morgan fingerprint density at radius 1 is 1.33 bits per heavy atom. The monoisotopic (exact) mass is 287 g/mol. The summed E-state index contributed by atoms with van der Waals surface area (Å²) in [5, 5.41) is 12.3. The van der Waals surface area contributed by atoms with E-state index in [2.05, 4.69) is 27.5 Å². The second-order valence-electron chi connectivity index (χ2n) is 4.12. The standard InChI is InChI=1S/C13H13N5O3/c1-2-7-14-13(21)15-11(19)8-18-12(20)9-5-3-4-6-10(9)16-17-18/h2-6H,1,7-8H2,(H2,14,15,19,21). The number of fused-ring (bicyclic) bond motifs is 1. The number of urea groups is 1. The van der Waals surface area contributed by atoms with Crippen molar-refractivity contribution in [1.82, 2.24) is 25.6 Å². The predicted molar refractivity (Wildman–Crippen MR) is 75.5 cm³/mol. The third-order valence-corrected chi connectivity index (χ3v) is 2.58. The Morgan fingerprint density at radius 2 is 2.10 bits per heavy atom. The largest absolute Gasteiger partial charge is 0.334 e. The molecule has 0 aliphatic heterocycles. The Labute approximate surface area is 119 Å². The molecular formula is C13H13N5O3. The van der Waals surface area contributed by atoms with Crippen LogP contribution in [-0.2, 0) is 11.3 Å². The maximum atomic E-state index is 12.1. The van der Waals surface area contributed by atoms with Gasteiger partial charge < -0.3 is 5.32 Å². The first-order chi connectivity index (χ1) is 10.1. The van der Waals surface area contributed by atoms with Crippen LogP contribution < -0.4 is 16.2 Å². The third kappa shape index (κ3) is 3.50. The summed E-state index contributed by atoms with van der Waals surface area (Å²) in [6, 6.07) is 6.01. The summed E-state index contributed by atoms with van der Waals surface area (Å²) in [5.41, 5.74) is 0.00475. The summed E-state index contributed by atoms with van der Waals surface area (Å²) in [7, 11) is 0. The lowest BCUT2D eigenvalue weighted by Crippen LogP contribution is -2.42. The molecule has 0 atom stereocenters. The smallest absolute Gasteiger partial charge is 0.321 e. The average molecular weight is 287 g/mol. The van der Waals surface area contributed by atoms with Gasteiger partial charge >= 0.3 is 6.03 Å². The van der Waals surface area contributed by atoms with Crippen molar-refractivity contribution in [2.24, 2.45) is 0 Å². The number of hydrogen-bond donors (Lipinski definition) is 2. The van der Waals surface area contributed by atoms with E-state index in [1.165, 1.54) is 6.08 Å². The highest BCUT2D eigenvalue weighted by atomic mass is 16.2.